The van der Waals surface area contributed by atoms with Crippen molar-refractivity contribution in [3.63, 3.8) is 0 Å². The Labute approximate surface area is 49.2 Å². The third-order valence-corrected chi connectivity index (χ3v) is 1.54. The lowest BCUT2D eigenvalue weighted by atomic mass is 10.3. The average molecular weight is 113 g/mol. The number of nitrogens with two attached hydrogens (primary N) is 1. The molecule has 1 aliphatic heterocycles. The zero-order valence-corrected chi connectivity index (χ0v) is 5.26. The summed E-state index contributed by atoms with van der Waals surface area (Å²) in [6, 6.07) is 0.495. The van der Waals surface area contributed by atoms with Crippen LogP contribution in [-0.4, -0.2) is 30.5 Å². The van der Waals surface area contributed by atoms with Crippen molar-refractivity contribution in [2.45, 2.75) is 13.0 Å². The number of rotatable bonds is 0. The van der Waals surface area contributed by atoms with Crippen molar-refractivity contribution < 1.29 is 0 Å². The molecule has 0 aromatic heterocycles. The van der Waals surface area contributed by atoms with Crippen molar-refractivity contribution in [1.82, 2.24) is 4.90 Å². The maximum absolute atomic E-state index is 5.44. The highest BCUT2D eigenvalue weighted by atomic mass is 15.3. The van der Waals surface area contributed by atoms with Crippen LogP contribution in [-0.2, 0) is 0 Å². The molecule has 0 amide bonds. The predicted octanol–water partition coefficient (Wildman–Crippen LogP) is -0.365. The lowest BCUT2D eigenvalue weighted by molar-refractivity contribution is 0.429. The van der Waals surface area contributed by atoms with Gasteiger partial charge in [0.2, 0.25) is 0 Å². The minimum absolute atomic E-state index is 0.495. The Morgan fingerprint density at radius 1 is 1.88 bits per heavy atom. The Morgan fingerprint density at radius 2 is 2.50 bits per heavy atom. The lowest BCUT2D eigenvalue weighted by Crippen LogP contribution is -2.35. The number of likely N-dealkylation sites (N-methyl/N-ethyl adjacent to an activating group) is 1. The summed E-state index contributed by atoms with van der Waals surface area (Å²) >= 11 is 0. The highest BCUT2D eigenvalue weighted by molar-refractivity contribution is 5.79. The highest BCUT2D eigenvalue weighted by Crippen LogP contribution is 2.02. The Morgan fingerprint density at radius 3 is 2.62 bits per heavy atom. The van der Waals surface area contributed by atoms with Gasteiger partial charge in [0.05, 0.1) is 6.54 Å². The molecular formula is C5H11N3. The van der Waals surface area contributed by atoms with E-state index in [4.69, 9.17) is 5.73 Å². The Kier molecular flexibility index (Phi) is 1.12. The second-order valence-electron chi connectivity index (χ2n) is 2.16. The largest absolute Gasteiger partial charge is 0.370 e. The molecule has 1 aliphatic rings. The van der Waals surface area contributed by atoms with Crippen molar-refractivity contribution in [2.24, 2.45) is 10.7 Å². The van der Waals surface area contributed by atoms with E-state index in [1.807, 2.05) is 11.9 Å². The molecule has 8 heavy (non-hydrogen) atoms. The standard InChI is InChI=1S/C5H11N3/c1-4-3-7-5(6)8(4)2/h4H,3H2,1-2H3,(H2,6,7). The molecule has 0 spiro atoms. The molecule has 0 radical (unpaired) electrons. The number of hydrogen-bond acceptors (Lipinski definition) is 3. The van der Waals surface area contributed by atoms with E-state index in [0.717, 1.165) is 6.54 Å². The molecule has 0 saturated carbocycles. The number of aliphatic imine (C=N–C) groups is 1. The molecule has 1 unspecified atom stereocenters. The second kappa shape index (κ2) is 1.65. The van der Waals surface area contributed by atoms with E-state index in [9.17, 15) is 0 Å². The van der Waals surface area contributed by atoms with Crippen LogP contribution in [0.25, 0.3) is 0 Å². The zero-order chi connectivity index (χ0) is 6.15. The monoisotopic (exact) mass is 113 g/mol. The first-order chi connectivity index (χ1) is 3.72. The molecule has 0 aromatic carbocycles. The molecule has 0 bridgehead atoms. The van der Waals surface area contributed by atoms with Crippen LogP contribution in [0.15, 0.2) is 4.99 Å². The van der Waals surface area contributed by atoms with E-state index >= 15 is 0 Å². The van der Waals surface area contributed by atoms with Crippen molar-refractivity contribution >= 4 is 5.96 Å². The molecule has 0 fully saturated rings. The molecule has 0 aliphatic carbocycles. The van der Waals surface area contributed by atoms with E-state index in [1.165, 1.54) is 0 Å². The predicted molar refractivity (Wildman–Crippen MR) is 33.7 cm³/mol. The van der Waals surface area contributed by atoms with E-state index < -0.39 is 0 Å². The van der Waals surface area contributed by atoms with Crippen LogP contribution < -0.4 is 5.73 Å². The van der Waals surface area contributed by atoms with Gasteiger partial charge in [-0.2, -0.15) is 0 Å². The second-order valence-corrected chi connectivity index (χ2v) is 2.16. The van der Waals surface area contributed by atoms with Gasteiger partial charge < -0.3 is 10.6 Å². The van der Waals surface area contributed by atoms with Crippen LogP contribution in [0.3, 0.4) is 0 Å². The maximum Gasteiger partial charge on any atom is 0.191 e. The van der Waals surface area contributed by atoms with E-state index in [1.54, 1.807) is 0 Å². The molecule has 0 aromatic rings. The van der Waals surface area contributed by atoms with Crippen molar-refractivity contribution in [1.29, 1.82) is 0 Å². The van der Waals surface area contributed by atoms with Crippen LogP contribution in [0.5, 0.6) is 0 Å². The minimum atomic E-state index is 0.495. The summed E-state index contributed by atoms with van der Waals surface area (Å²) in [7, 11) is 1.95. The van der Waals surface area contributed by atoms with E-state index in [2.05, 4.69) is 11.9 Å². The van der Waals surface area contributed by atoms with Gasteiger partial charge in [-0.15, -0.1) is 0 Å². The molecule has 46 valence electrons. The first-order valence-corrected chi connectivity index (χ1v) is 2.74. The SMILES string of the molecule is CC1CN=C(N)N1C. The normalized spacial score (nSPS) is 28.5. The topological polar surface area (TPSA) is 41.6 Å². The summed E-state index contributed by atoms with van der Waals surface area (Å²) in [5.41, 5.74) is 5.44. The Hall–Kier alpha value is -0.730. The van der Waals surface area contributed by atoms with Crippen LogP contribution in [0, 0.1) is 0 Å². The van der Waals surface area contributed by atoms with Gasteiger partial charge in [-0.1, -0.05) is 0 Å². The third kappa shape index (κ3) is 0.638. The van der Waals surface area contributed by atoms with Crippen LogP contribution >= 0.6 is 0 Å². The third-order valence-electron chi connectivity index (χ3n) is 1.54. The summed E-state index contributed by atoms with van der Waals surface area (Å²) in [5, 5.41) is 0. The molecule has 1 heterocycles. The van der Waals surface area contributed by atoms with E-state index in [-0.39, 0.29) is 0 Å². The molecule has 0 saturated heterocycles. The number of hydrogen-bond donors (Lipinski definition) is 1. The quantitative estimate of drug-likeness (QED) is 0.466. The minimum Gasteiger partial charge on any atom is -0.370 e. The van der Waals surface area contributed by atoms with Gasteiger partial charge in [0.1, 0.15) is 0 Å². The summed E-state index contributed by atoms with van der Waals surface area (Å²) in [6.07, 6.45) is 0. The summed E-state index contributed by atoms with van der Waals surface area (Å²) in [5.74, 6) is 0.664. The molecule has 1 atom stereocenters. The fourth-order valence-electron chi connectivity index (χ4n) is 0.685. The zero-order valence-electron chi connectivity index (χ0n) is 5.26. The molecule has 2 N–H and O–H groups in total. The number of nitrogens with zero attached hydrogens (tertiary/aromatic N) is 2. The summed E-state index contributed by atoms with van der Waals surface area (Å²) in [6.45, 7) is 2.95. The average Bonchev–Trinajstić information content (AvgIpc) is 1.98. The Balaban J connectivity index is 2.59. The molecule has 3 nitrogen and oxygen atoms in total. The lowest BCUT2D eigenvalue weighted by Gasteiger charge is -2.15. The van der Waals surface area contributed by atoms with Gasteiger partial charge >= 0.3 is 0 Å². The van der Waals surface area contributed by atoms with Gasteiger partial charge in [-0.3, -0.25) is 4.99 Å². The molecule has 3 heteroatoms. The van der Waals surface area contributed by atoms with Crippen molar-refractivity contribution in [2.75, 3.05) is 13.6 Å². The van der Waals surface area contributed by atoms with Crippen molar-refractivity contribution in [3.8, 4) is 0 Å². The van der Waals surface area contributed by atoms with Crippen LogP contribution in [0.1, 0.15) is 6.92 Å². The summed E-state index contributed by atoms with van der Waals surface area (Å²) < 4.78 is 0. The first kappa shape index (κ1) is 5.41. The van der Waals surface area contributed by atoms with Gasteiger partial charge in [0.15, 0.2) is 5.96 Å². The van der Waals surface area contributed by atoms with Gasteiger partial charge in [0, 0.05) is 13.1 Å². The fraction of sp³-hybridized carbons (Fsp3) is 0.800. The van der Waals surface area contributed by atoms with Gasteiger partial charge in [-0.05, 0) is 6.92 Å². The van der Waals surface area contributed by atoms with Gasteiger partial charge in [0.25, 0.3) is 0 Å². The first-order valence-electron chi connectivity index (χ1n) is 2.74. The molecular weight excluding hydrogens is 102 g/mol. The van der Waals surface area contributed by atoms with Gasteiger partial charge in [-0.25, -0.2) is 0 Å². The highest BCUT2D eigenvalue weighted by Gasteiger charge is 2.15. The Bertz CT molecular complexity index is 119. The number of guanidine groups is 1. The summed E-state index contributed by atoms with van der Waals surface area (Å²) in [4.78, 5) is 5.99. The fourth-order valence-corrected chi connectivity index (χ4v) is 0.685. The van der Waals surface area contributed by atoms with Crippen molar-refractivity contribution in [3.05, 3.63) is 0 Å². The van der Waals surface area contributed by atoms with Crippen LogP contribution in [0.2, 0.25) is 0 Å². The maximum atomic E-state index is 5.44. The smallest absolute Gasteiger partial charge is 0.191 e. The van der Waals surface area contributed by atoms with Crippen LogP contribution in [0.4, 0.5) is 0 Å². The van der Waals surface area contributed by atoms with E-state index in [0.29, 0.717) is 12.0 Å². The molecule has 1 rings (SSSR count).